The number of rotatable bonds is 4. The maximum Gasteiger partial charge on any atom is 0.258 e. The fourth-order valence-electron chi connectivity index (χ4n) is 3.19. The number of benzene rings is 3. The van der Waals surface area contributed by atoms with Gasteiger partial charge in [0.1, 0.15) is 17.0 Å². The van der Waals surface area contributed by atoms with Crippen LogP contribution >= 0.6 is 11.8 Å². The molecule has 29 heavy (non-hydrogen) atoms. The molecule has 1 saturated heterocycles. The van der Waals surface area contributed by atoms with Crippen molar-refractivity contribution in [2.45, 2.75) is 5.37 Å². The number of carbonyl (C=O) groups is 2. The molecule has 0 aliphatic carbocycles. The minimum atomic E-state index is -0.602. The van der Waals surface area contributed by atoms with Crippen molar-refractivity contribution < 1.29 is 18.4 Å². The molecular weight excluding hydrogens is 394 g/mol. The molecule has 7 heteroatoms. The minimum absolute atomic E-state index is 0.0512. The van der Waals surface area contributed by atoms with Crippen molar-refractivity contribution >= 4 is 35.0 Å². The molecule has 0 bridgehead atoms. The summed E-state index contributed by atoms with van der Waals surface area (Å²) < 4.78 is 27.5. The summed E-state index contributed by atoms with van der Waals surface area (Å²) in [6, 6.07) is 18.6. The molecule has 4 rings (SSSR count). The number of carbonyl (C=O) groups excluding carboxylic acids is 2. The fraction of sp³-hybridized carbons (Fsp3) is 0.0909. The van der Waals surface area contributed by atoms with Crippen LogP contribution in [0.15, 0.2) is 72.8 Å². The lowest BCUT2D eigenvalue weighted by molar-refractivity contribution is -0.115. The van der Waals surface area contributed by atoms with Crippen molar-refractivity contribution in [3.8, 4) is 0 Å². The van der Waals surface area contributed by atoms with E-state index < -0.39 is 17.5 Å². The van der Waals surface area contributed by atoms with Crippen LogP contribution < -0.4 is 10.2 Å². The van der Waals surface area contributed by atoms with Crippen LogP contribution in [0.1, 0.15) is 21.3 Å². The highest BCUT2D eigenvalue weighted by Gasteiger charge is 2.34. The Morgan fingerprint density at radius 3 is 2.59 bits per heavy atom. The molecule has 0 aromatic heterocycles. The van der Waals surface area contributed by atoms with E-state index in [-0.39, 0.29) is 22.6 Å². The van der Waals surface area contributed by atoms with E-state index in [9.17, 15) is 18.4 Å². The quantitative estimate of drug-likeness (QED) is 0.659. The zero-order chi connectivity index (χ0) is 20.4. The summed E-state index contributed by atoms with van der Waals surface area (Å²) in [7, 11) is 0. The van der Waals surface area contributed by atoms with E-state index >= 15 is 0 Å². The zero-order valence-corrected chi connectivity index (χ0v) is 16.0. The molecule has 3 aromatic carbocycles. The number of thioether (sulfide) groups is 1. The lowest BCUT2D eigenvalue weighted by Gasteiger charge is -2.24. The molecule has 1 aliphatic heterocycles. The van der Waals surface area contributed by atoms with Crippen molar-refractivity contribution in [1.29, 1.82) is 0 Å². The number of halogens is 2. The molecule has 3 aromatic rings. The molecule has 1 fully saturated rings. The monoisotopic (exact) mass is 410 g/mol. The summed E-state index contributed by atoms with van der Waals surface area (Å²) in [6.07, 6.45) is 0. The van der Waals surface area contributed by atoms with Crippen molar-refractivity contribution in [3.05, 3.63) is 95.6 Å². The Hall–Kier alpha value is -3.19. The average molecular weight is 410 g/mol. The van der Waals surface area contributed by atoms with Crippen LogP contribution in [0.25, 0.3) is 0 Å². The van der Waals surface area contributed by atoms with Gasteiger partial charge in [0, 0.05) is 11.4 Å². The Morgan fingerprint density at radius 1 is 1.00 bits per heavy atom. The van der Waals surface area contributed by atoms with Crippen molar-refractivity contribution in [3.63, 3.8) is 0 Å². The molecule has 1 unspecified atom stereocenters. The summed E-state index contributed by atoms with van der Waals surface area (Å²) in [4.78, 5) is 26.4. The molecule has 1 N–H and O–H groups in total. The first-order chi connectivity index (χ1) is 14.0. The van der Waals surface area contributed by atoms with E-state index in [1.807, 2.05) is 6.07 Å². The van der Waals surface area contributed by atoms with Gasteiger partial charge in [0.05, 0.1) is 11.3 Å². The van der Waals surface area contributed by atoms with Gasteiger partial charge in [0.2, 0.25) is 5.91 Å². The standard InChI is InChI=1S/C22H16F2N2O2S/c23-15-6-4-8-17(12-15)26-20(27)13-29-22(26)14-5-3-7-16(11-14)25-21(28)18-9-1-2-10-19(18)24/h1-12,22H,13H2,(H,25,28). The summed E-state index contributed by atoms with van der Waals surface area (Å²) >= 11 is 1.42. The topological polar surface area (TPSA) is 49.4 Å². The number of nitrogens with zero attached hydrogens (tertiary/aromatic N) is 1. The van der Waals surface area contributed by atoms with Crippen molar-refractivity contribution in [1.82, 2.24) is 0 Å². The van der Waals surface area contributed by atoms with E-state index in [1.165, 1.54) is 42.1 Å². The summed E-state index contributed by atoms with van der Waals surface area (Å²) in [5.74, 6) is -1.43. The maximum atomic E-state index is 13.8. The highest BCUT2D eigenvalue weighted by atomic mass is 32.2. The van der Waals surface area contributed by atoms with Crippen LogP contribution in [0.3, 0.4) is 0 Å². The first-order valence-corrected chi connectivity index (χ1v) is 9.93. The normalized spacial score (nSPS) is 16.1. The third-order valence-electron chi connectivity index (χ3n) is 4.50. The van der Waals surface area contributed by atoms with Gasteiger partial charge in [-0.3, -0.25) is 14.5 Å². The van der Waals surface area contributed by atoms with Crippen molar-refractivity contribution in [2.24, 2.45) is 0 Å². The molecule has 2 amide bonds. The van der Waals surface area contributed by atoms with Crippen LogP contribution in [-0.2, 0) is 4.79 Å². The van der Waals surface area contributed by atoms with E-state index in [2.05, 4.69) is 5.32 Å². The summed E-state index contributed by atoms with van der Waals surface area (Å²) in [5.41, 5.74) is 1.68. The summed E-state index contributed by atoms with van der Waals surface area (Å²) in [5, 5.41) is 2.33. The number of nitrogens with one attached hydrogen (secondary N) is 1. The minimum Gasteiger partial charge on any atom is -0.322 e. The van der Waals surface area contributed by atoms with Gasteiger partial charge >= 0.3 is 0 Å². The van der Waals surface area contributed by atoms with E-state index in [4.69, 9.17) is 0 Å². The Balaban J connectivity index is 1.60. The molecule has 0 spiro atoms. The molecular formula is C22H16F2N2O2S. The Kier molecular flexibility index (Phi) is 5.31. The predicted octanol–water partition coefficient (Wildman–Crippen LogP) is 5.00. The smallest absolute Gasteiger partial charge is 0.258 e. The summed E-state index contributed by atoms with van der Waals surface area (Å²) in [6.45, 7) is 0. The van der Waals surface area contributed by atoms with Gasteiger partial charge in [0.25, 0.3) is 5.91 Å². The fourth-order valence-corrected chi connectivity index (χ4v) is 4.36. The van der Waals surface area contributed by atoms with Crippen LogP contribution in [0.4, 0.5) is 20.2 Å². The van der Waals surface area contributed by atoms with Crippen LogP contribution in [0, 0.1) is 11.6 Å². The highest BCUT2D eigenvalue weighted by molar-refractivity contribution is 8.00. The highest BCUT2D eigenvalue weighted by Crippen LogP contribution is 2.42. The lowest BCUT2D eigenvalue weighted by atomic mass is 10.1. The van der Waals surface area contributed by atoms with Gasteiger partial charge in [-0.1, -0.05) is 30.3 Å². The third-order valence-corrected chi connectivity index (χ3v) is 5.71. The SMILES string of the molecule is O=C(Nc1cccc(C2SCC(=O)N2c2cccc(F)c2)c1)c1ccccc1F. The van der Waals surface area contributed by atoms with E-state index in [0.29, 0.717) is 11.4 Å². The van der Waals surface area contributed by atoms with Crippen LogP contribution in [-0.4, -0.2) is 17.6 Å². The number of anilines is 2. The molecule has 0 radical (unpaired) electrons. The molecule has 1 atom stereocenters. The lowest BCUT2D eigenvalue weighted by Crippen LogP contribution is -2.28. The van der Waals surface area contributed by atoms with Gasteiger partial charge < -0.3 is 5.32 Å². The first kappa shape index (κ1) is 19.1. The van der Waals surface area contributed by atoms with Gasteiger partial charge in [-0.05, 0) is 48.0 Å². The molecule has 0 saturated carbocycles. The van der Waals surface area contributed by atoms with E-state index in [0.717, 1.165) is 5.56 Å². The predicted molar refractivity (Wildman–Crippen MR) is 110 cm³/mol. The Bertz CT molecular complexity index is 1090. The van der Waals surface area contributed by atoms with Gasteiger partial charge in [0.15, 0.2) is 0 Å². The van der Waals surface area contributed by atoms with Gasteiger partial charge in [-0.15, -0.1) is 11.8 Å². The zero-order valence-electron chi connectivity index (χ0n) is 15.1. The molecule has 1 aliphatic rings. The van der Waals surface area contributed by atoms with Gasteiger partial charge in [-0.2, -0.15) is 0 Å². The van der Waals surface area contributed by atoms with Crippen LogP contribution in [0.5, 0.6) is 0 Å². The number of hydrogen-bond acceptors (Lipinski definition) is 3. The average Bonchev–Trinajstić information content (AvgIpc) is 3.10. The van der Waals surface area contributed by atoms with Crippen molar-refractivity contribution in [2.75, 3.05) is 16.0 Å². The Labute approximate surface area is 170 Å². The van der Waals surface area contributed by atoms with Crippen LogP contribution in [0.2, 0.25) is 0 Å². The van der Waals surface area contributed by atoms with E-state index in [1.54, 1.807) is 41.3 Å². The Morgan fingerprint density at radius 2 is 1.79 bits per heavy atom. The third kappa shape index (κ3) is 4.00. The largest absolute Gasteiger partial charge is 0.322 e. The number of amides is 2. The maximum absolute atomic E-state index is 13.8. The second-order valence-corrected chi connectivity index (χ2v) is 7.53. The molecule has 1 heterocycles. The second-order valence-electron chi connectivity index (χ2n) is 6.47. The second kappa shape index (κ2) is 8.05. The molecule has 4 nitrogen and oxygen atoms in total. The number of hydrogen-bond donors (Lipinski definition) is 1. The van der Waals surface area contributed by atoms with Gasteiger partial charge in [-0.25, -0.2) is 8.78 Å². The molecule has 146 valence electrons. The first-order valence-electron chi connectivity index (χ1n) is 8.88.